The summed E-state index contributed by atoms with van der Waals surface area (Å²) in [5, 5.41) is 9.53. The number of thioether (sulfide) groups is 1. The predicted octanol–water partition coefficient (Wildman–Crippen LogP) is 3.15. The molecular formula is C17H19NO3S. The SMILES string of the molecule is Cc1ccc(C2CSCCN2C(=O)Cc2cccc(O)c2)o1. The topological polar surface area (TPSA) is 53.7 Å². The number of carbonyl (C=O) groups excluding carboxylic acids is 1. The molecule has 0 aliphatic carbocycles. The first kappa shape index (κ1) is 15.0. The summed E-state index contributed by atoms with van der Waals surface area (Å²) < 4.78 is 5.73. The Kier molecular flexibility index (Phi) is 4.43. The van der Waals surface area contributed by atoms with Crippen molar-refractivity contribution in [3.05, 3.63) is 53.5 Å². The van der Waals surface area contributed by atoms with Gasteiger partial charge in [-0.1, -0.05) is 12.1 Å². The van der Waals surface area contributed by atoms with E-state index in [1.165, 1.54) is 0 Å². The van der Waals surface area contributed by atoms with E-state index in [1.54, 1.807) is 18.2 Å². The number of benzene rings is 1. The molecule has 0 saturated carbocycles. The van der Waals surface area contributed by atoms with E-state index in [4.69, 9.17) is 4.42 Å². The van der Waals surface area contributed by atoms with Crippen molar-refractivity contribution >= 4 is 17.7 Å². The van der Waals surface area contributed by atoms with Crippen LogP contribution in [0.2, 0.25) is 0 Å². The summed E-state index contributed by atoms with van der Waals surface area (Å²) >= 11 is 1.84. The maximum atomic E-state index is 12.7. The van der Waals surface area contributed by atoms with Crippen LogP contribution >= 0.6 is 11.8 Å². The summed E-state index contributed by atoms with van der Waals surface area (Å²) in [4.78, 5) is 14.6. The van der Waals surface area contributed by atoms with E-state index in [0.717, 1.165) is 35.1 Å². The highest BCUT2D eigenvalue weighted by molar-refractivity contribution is 7.99. The van der Waals surface area contributed by atoms with Crippen LogP contribution in [0.3, 0.4) is 0 Å². The van der Waals surface area contributed by atoms with Gasteiger partial charge in [0.05, 0.1) is 12.5 Å². The quantitative estimate of drug-likeness (QED) is 0.945. The van der Waals surface area contributed by atoms with Gasteiger partial charge in [-0.3, -0.25) is 4.79 Å². The number of hydrogen-bond donors (Lipinski definition) is 1. The summed E-state index contributed by atoms with van der Waals surface area (Å²) in [7, 11) is 0. The van der Waals surface area contributed by atoms with E-state index in [0.29, 0.717) is 6.42 Å². The van der Waals surface area contributed by atoms with Gasteiger partial charge in [0, 0.05) is 18.1 Å². The minimum absolute atomic E-state index is 0.00254. The minimum Gasteiger partial charge on any atom is -0.508 e. The Labute approximate surface area is 134 Å². The molecule has 3 rings (SSSR count). The molecule has 0 radical (unpaired) electrons. The van der Waals surface area contributed by atoms with Gasteiger partial charge in [-0.2, -0.15) is 11.8 Å². The Balaban J connectivity index is 1.76. The molecule has 1 atom stereocenters. The number of aromatic hydroxyl groups is 1. The van der Waals surface area contributed by atoms with Crippen LogP contribution in [0.5, 0.6) is 5.75 Å². The summed E-state index contributed by atoms with van der Waals surface area (Å²) in [6, 6.07) is 10.8. The van der Waals surface area contributed by atoms with Crippen molar-refractivity contribution in [2.45, 2.75) is 19.4 Å². The summed E-state index contributed by atoms with van der Waals surface area (Å²) in [5.41, 5.74) is 0.831. The van der Waals surface area contributed by atoms with Crippen molar-refractivity contribution in [2.75, 3.05) is 18.1 Å². The molecule has 2 heterocycles. The summed E-state index contributed by atoms with van der Waals surface area (Å²) in [6.07, 6.45) is 0.301. The van der Waals surface area contributed by atoms with E-state index < -0.39 is 0 Å². The normalized spacial score (nSPS) is 18.4. The van der Waals surface area contributed by atoms with Crippen molar-refractivity contribution in [2.24, 2.45) is 0 Å². The highest BCUT2D eigenvalue weighted by Gasteiger charge is 2.30. The third kappa shape index (κ3) is 3.30. The van der Waals surface area contributed by atoms with Gasteiger partial charge in [-0.05, 0) is 36.8 Å². The van der Waals surface area contributed by atoms with Gasteiger partial charge in [-0.25, -0.2) is 0 Å². The maximum Gasteiger partial charge on any atom is 0.227 e. The zero-order valence-corrected chi connectivity index (χ0v) is 13.3. The number of rotatable bonds is 3. The highest BCUT2D eigenvalue weighted by atomic mass is 32.2. The number of furan rings is 1. The average Bonchev–Trinajstić information content (AvgIpc) is 2.94. The molecule has 1 aliphatic rings. The van der Waals surface area contributed by atoms with Gasteiger partial charge in [0.2, 0.25) is 5.91 Å². The lowest BCUT2D eigenvalue weighted by Gasteiger charge is -2.34. The van der Waals surface area contributed by atoms with Crippen molar-refractivity contribution in [1.82, 2.24) is 4.90 Å². The molecular weight excluding hydrogens is 298 g/mol. The first-order chi connectivity index (χ1) is 10.6. The number of nitrogens with zero attached hydrogens (tertiary/aromatic N) is 1. The Morgan fingerprint density at radius 2 is 2.27 bits per heavy atom. The van der Waals surface area contributed by atoms with Crippen LogP contribution in [-0.2, 0) is 11.2 Å². The van der Waals surface area contributed by atoms with Gasteiger partial charge >= 0.3 is 0 Å². The fourth-order valence-electron chi connectivity index (χ4n) is 2.71. The number of phenolic OH excluding ortho intramolecular Hbond substituents is 1. The van der Waals surface area contributed by atoms with E-state index >= 15 is 0 Å². The first-order valence-electron chi connectivity index (χ1n) is 7.35. The minimum atomic E-state index is -0.00254. The molecule has 1 aromatic heterocycles. The van der Waals surface area contributed by atoms with E-state index in [1.807, 2.05) is 41.8 Å². The molecule has 1 fully saturated rings. The highest BCUT2D eigenvalue weighted by Crippen LogP contribution is 2.31. The molecule has 1 unspecified atom stereocenters. The average molecular weight is 317 g/mol. The second-order valence-electron chi connectivity index (χ2n) is 5.47. The Bertz CT molecular complexity index is 667. The Morgan fingerprint density at radius 1 is 1.41 bits per heavy atom. The monoisotopic (exact) mass is 317 g/mol. The molecule has 0 bridgehead atoms. The van der Waals surface area contributed by atoms with Crippen LogP contribution in [-0.4, -0.2) is 34.0 Å². The van der Waals surface area contributed by atoms with Gasteiger partial charge in [0.15, 0.2) is 0 Å². The fourth-order valence-corrected chi connectivity index (χ4v) is 3.77. The predicted molar refractivity (Wildman–Crippen MR) is 87.0 cm³/mol. The Morgan fingerprint density at radius 3 is 3.00 bits per heavy atom. The maximum absolute atomic E-state index is 12.7. The van der Waals surface area contributed by atoms with Crippen molar-refractivity contribution in [3.63, 3.8) is 0 Å². The standard InChI is InChI=1S/C17H19NO3S/c1-12-5-6-16(21-12)15-11-22-8-7-18(15)17(20)10-13-3-2-4-14(19)9-13/h2-6,9,15,19H,7-8,10-11H2,1H3. The molecule has 1 N–H and O–H groups in total. The van der Waals surface area contributed by atoms with E-state index in [9.17, 15) is 9.90 Å². The molecule has 1 saturated heterocycles. The van der Waals surface area contributed by atoms with Crippen molar-refractivity contribution in [1.29, 1.82) is 0 Å². The van der Waals surface area contributed by atoms with Crippen LogP contribution in [0.15, 0.2) is 40.8 Å². The van der Waals surface area contributed by atoms with E-state index in [-0.39, 0.29) is 17.7 Å². The van der Waals surface area contributed by atoms with Crippen molar-refractivity contribution < 1.29 is 14.3 Å². The van der Waals surface area contributed by atoms with Crippen molar-refractivity contribution in [3.8, 4) is 5.75 Å². The zero-order valence-electron chi connectivity index (χ0n) is 12.5. The lowest BCUT2D eigenvalue weighted by molar-refractivity contribution is -0.132. The Hall–Kier alpha value is -1.88. The van der Waals surface area contributed by atoms with Gasteiger partial charge < -0.3 is 14.4 Å². The summed E-state index contributed by atoms with van der Waals surface area (Å²) in [6.45, 7) is 2.64. The molecule has 0 spiro atoms. The molecule has 22 heavy (non-hydrogen) atoms. The second-order valence-corrected chi connectivity index (χ2v) is 6.62. The van der Waals surface area contributed by atoms with Crippen LogP contribution in [0.4, 0.5) is 0 Å². The smallest absolute Gasteiger partial charge is 0.227 e. The number of amides is 1. The molecule has 2 aromatic rings. The summed E-state index contributed by atoms with van der Waals surface area (Å²) in [5.74, 6) is 3.79. The van der Waals surface area contributed by atoms with E-state index in [2.05, 4.69) is 0 Å². The number of carbonyl (C=O) groups is 1. The number of hydrogen-bond acceptors (Lipinski definition) is 4. The molecule has 1 aromatic carbocycles. The van der Waals surface area contributed by atoms with Crippen LogP contribution in [0.25, 0.3) is 0 Å². The van der Waals surface area contributed by atoms with Gasteiger partial charge in [0.1, 0.15) is 17.3 Å². The third-order valence-corrected chi connectivity index (χ3v) is 4.83. The third-order valence-electron chi connectivity index (χ3n) is 3.80. The second kappa shape index (κ2) is 6.48. The van der Waals surface area contributed by atoms with Crippen LogP contribution in [0, 0.1) is 6.92 Å². The largest absolute Gasteiger partial charge is 0.508 e. The van der Waals surface area contributed by atoms with Gasteiger partial charge in [0.25, 0.3) is 0 Å². The number of aryl methyl sites for hydroxylation is 1. The molecule has 4 nitrogen and oxygen atoms in total. The zero-order chi connectivity index (χ0) is 15.5. The molecule has 116 valence electrons. The van der Waals surface area contributed by atoms with Gasteiger partial charge in [-0.15, -0.1) is 0 Å². The van der Waals surface area contributed by atoms with Crippen LogP contribution < -0.4 is 0 Å². The molecule has 1 aliphatic heterocycles. The first-order valence-corrected chi connectivity index (χ1v) is 8.50. The fraction of sp³-hybridized carbons (Fsp3) is 0.353. The van der Waals surface area contributed by atoms with Crippen LogP contribution in [0.1, 0.15) is 23.1 Å². The lowest BCUT2D eigenvalue weighted by atomic mass is 10.1. The molecule has 5 heteroatoms. The number of phenols is 1. The molecule has 1 amide bonds. The lowest BCUT2D eigenvalue weighted by Crippen LogP contribution is -2.41.